The second-order valence-corrected chi connectivity index (χ2v) is 4.64. The fourth-order valence-electron chi connectivity index (χ4n) is 2.86. The van der Waals surface area contributed by atoms with Gasteiger partial charge in [0.15, 0.2) is 5.78 Å². The Morgan fingerprint density at radius 3 is 2.81 bits per heavy atom. The molecule has 3 rings (SSSR count). The molecule has 0 N–H and O–H groups in total. The number of fused-ring (bicyclic) bond motifs is 2. The van der Waals surface area contributed by atoms with Gasteiger partial charge in [-0.15, -0.1) is 0 Å². The van der Waals surface area contributed by atoms with Gasteiger partial charge in [0.25, 0.3) is 0 Å². The molecule has 1 atom stereocenters. The van der Waals surface area contributed by atoms with Crippen LogP contribution >= 0.6 is 0 Å². The lowest BCUT2D eigenvalue weighted by Gasteiger charge is -2.17. The molecule has 0 aromatic heterocycles. The van der Waals surface area contributed by atoms with Gasteiger partial charge in [-0.25, -0.2) is 0 Å². The molecule has 0 heterocycles. The van der Waals surface area contributed by atoms with Crippen LogP contribution in [0.25, 0.3) is 5.57 Å². The molecule has 0 amide bonds. The fourth-order valence-corrected chi connectivity index (χ4v) is 2.86. The minimum atomic E-state index is 0.165. The Morgan fingerprint density at radius 1 is 1.25 bits per heavy atom. The van der Waals surface area contributed by atoms with Crippen molar-refractivity contribution in [1.82, 2.24) is 0 Å². The van der Waals surface area contributed by atoms with Crippen molar-refractivity contribution in [3.63, 3.8) is 0 Å². The Balaban J connectivity index is 2.25. The van der Waals surface area contributed by atoms with Crippen LogP contribution < -0.4 is 0 Å². The summed E-state index contributed by atoms with van der Waals surface area (Å²) in [6.07, 6.45) is 1.83. The average Bonchev–Trinajstić information content (AvgIpc) is 2.59. The van der Waals surface area contributed by atoms with E-state index in [4.69, 9.17) is 0 Å². The number of Topliss-reactive ketones (excluding diaryl/α,β-unsaturated/α-hetero) is 1. The summed E-state index contributed by atoms with van der Waals surface area (Å²) >= 11 is 0. The minimum absolute atomic E-state index is 0.165. The van der Waals surface area contributed by atoms with Crippen LogP contribution in [0, 0.1) is 0 Å². The van der Waals surface area contributed by atoms with E-state index in [2.05, 4.69) is 25.6 Å². The van der Waals surface area contributed by atoms with E-state index in [-0.39, 0.29) is 5.78 Å². The van der Waals surface area contributed by atoms with E-state index in [1.165, 1.54) is 11.1 Å². The summed E-state index contributed by atoms with van der Waals surface area (Å²) in [5.41, 5.74) is 5.46. The van der Waals surface area contributed by atoms with Gasteiger partial charge in [0.1, 0.15) is 0 Å². The van der Waals surface area contributed by atoms with Crippen LogP contribution in [0.5, 0.6) is 0 Å². The smallest absolute Gasteiger partial charge is 0.189 e. The molecule has 2 aliphatic carbocycles. The summed E-state index contributed by atoms with van der Waals surface area (Å²) in [5.74, 6) is 0.571. The SMILES string of the molecule is C=C1CCC2=C(C1=O)c1ccccc1C2C. The van der Waals surface area contributed by atoms with Gasteiger partial charge in [-0.2, -0.15) is 0 Å². The zero-order chi connectivity index (χ0) is 11.3. The summed E-state index contributed by atoms with van der Waals surface area (Å²) in [7, 11) is 0. The number of carbonyl (C=O) groups is 1. The highest BCUT2D eigenvalue weighted by molar-refractivity contribution is 6.31. The third-order valence-corrected chi connectivity index (χ3v) is 3.78. The molecule has 0 saturated carbocycles. The number of benzene rings is 1. The van der Waals surface area contributed by atoms with Crippen molar-refractivity contribution in [2.75, 3.05) is 0 Å². The Labute approximate surface area is 95.5 Å². The second-order valence-electron chi connectivity index (χ2n) is 4.64. The number of rotatable bonds is 0. The molecule has 1 heteroatoms. The quantitative estimate of drug-likeness (QED) is 0.599. The van der Waals surface area contributed by atoms with E-state index >= 15 is 0 Å². The van der Waals surface area contributed by atoms with E-state index in [1.807, 2.05) is 12.1 Å². The Hall–Kier alpha value is -1.63. The lowest BCUT2D eigenvalue weighted by atomic mass is 9.85. The maximum absolute atomic E-state index is 12.2. The van der Waals surface area contributed by atoms with Gasteiger partial charge in [0.2, 0.25) is 0 Å². The predicted molar refractivity (Wildman–Crippen MR) is 65.2 cm³/mol. The number of ketones is 1. The standard InChI is InChI=1S/C15H14O/c1-9-7-8-12-10(2)11-5-3-4-6-13(11)14(12)15(9)16/h3-6,10H,1,7-8H2,2H3. The van der Waals surface area contributed by atoms with Crippen LogP contribution in [0.4, 0.5) is 0 Å². The zero-order valence-corrected chi connectivity index (χ0v) is 9.42. The lowest BCUT2D eigenvalue weighted by Crippen LogP contribution is -2.11. The summed E-state index contributed by atoms with van der Waals surface area (Å²) in [6.45, 7) is 6.07. The first-order chi connectivity index (χ1) is 7.70. The third kappa shape index (κ3) is 1.09. The van der Waals surface area contributed by atoms with E-state index in [0.29, 0.717) is 5.92 Å². The van der Waals surface area contributed by atoms with E-state index < -0.39 is 0 Å². The maximum Gasteiger partial charge on any atom is 0.189 e. The van der Waals surface area contributed by atoms with Gasteiger partial charge in [0.05, 0.1) is 0 Å². The highest BCUT2D eigenvalue weighted by Crippen LogP contribution is 2.47. The van der Waals surface area contributed by atoms with Crippen molar-refractivity contribution in [1.29, 1.82) is 0 Å². The summed E-state index contributed by atoms with van der Waals surface area (Å²) in [4.78, 5) is 12.2. The first-order valence-electron chi connectivity index (χ1n) is 5.75. The lowest BCUT2D eigenvalue weighted by molar-refractivity contribution is -0.110. The summed E-state index contributed by atoms with van der Waals surface area (Å²) < 4.78 is 0. The molecule has 1 nitrogen and oxygen atoms in total. The summed E-state index contributed by atoms with van der Waals surface area (Å²) in [6, 6.07) is 8.25. The van der Waals surface area contributed by atoms with Crippen LogP contribution in [-0.4, -0.2) is 5.78 Å². The Morgan fingerprint density at radius 2 is 2.00 bits per heavy atom. The number of hydrogen-bond acceptors (Lipinski definition) is 1. The first-order valence-corrected chi connectivity index (χ1v) is 5.75. The van der Waals surface area contributed by atoms with Gasteiger partial charge >= 0.3 is 0 Å². The molecule has 1 aromatic rings. The zero-order valence-electron chi connectivity index (χ0n) is 9.42. The molecule has 0 fully saturated rings. The average molecular weight is 210 g/mol. The summed E-state index contributed by atoms with van der Waals surface area (Å²) in [5, 5.41) is 0. The Kier molecular flexibility index (Phi) is 1.90. The fraction of sp³-hybridized carbons (Fsp3) is 0.267. The molecule has 1 aromatic carbocycles. The number of allylic oxidation sites excluding steroid dienone is 3. The van der Waals surface area contributed by atoms with E-state index in [9.17, 15) is 4.79 Å². The topological polar surface area (TPSA) is 17.1 Å². The van der Waals surface area contributed by atoms with Crippen molar-refractivity contribution < 1.29 is 4.79 Å². The molecule has 1 unspecified atom stereocenters. The number of hydrogen-bond donors (Lipinski definition) is 0. The van der Waals surface area contributed by atoms with Gasteiger partial charge in [-0.3, -0.25) is 4.79 Å². The number of carbonyl (C=O) groups excluding carboxylic acids is 1. The highest BCUT2D eigenvalue weighted by Gasteiger charge is 2.34. The first kappa shape index (κ1) is 9.59. The molecule has 0 spiro atoms. The predicted octanol–water partition coefficient (Wildman–Crippen LogP) is 3.48. The van der Waals surface area contributed by atoms with Crippen molar-refractivity contribution in [2.24, 2.45) is 0 Å². The molecule has 0 bridgehead atoms. The molecule has 80 valence electrons. The van der Waals surface area contributed by atoms with Crippen LogP contribution in [0.15, 0.2) is 42.0 Å². The van der Waals surface area contributed by atoms with E-state index in [1.54, 1.807) is 0 Å². The Bertz CT molecular complexity index is 534. The largest absolute Gasteiger partial charge is 0.289 e. The monoisotopic (exact) mass is 210 g/mol. The van der Waals surface area contributed by atoms with Crippen LogP contribution in [0.2, 0.25) is 0 Å². The maximum atomic E-state index is 12.2. The highest BCUT2D eigenvalue weighted by atomic mass is 16.1. The molecular weight excluding hydrogens is 196 g/mol. The van der Waals surface area contributed by atoms with Crippen molar-refractivity contribution in [3.8, 4) is 0 Å². The molecule has 0 aliphatic heterocycles. The van der Waals surface area contributed by atoms with Gasteiger partial charge < -0.3 is 0 Å². The van der Waals surface area contributed by atoms with Gasteiger partial charge in [0, 0.05) is 11.5 Å². The third-order valence-electron chi connectivity index (χ3n) is 3.78. The van der Waals surface area contributed by atoms with Crippen molar-refractivity contribution in [3.05, 3.63) is 53.1 Å². The normalized spacial score (nSPS) is 23.4. The molecule has 16 heavy (non-hydrogen) atoms. The molecule has 0 radical (unpaired) electrons. The minimum Gasteiger partial charge on any atom is -0.289 e. The van der Waals surface area contributed by atoms with Crippen molar-refractivity contribution >= 4 is 11.4 Å². The van der Waals surface area contributed by atoms with Gasteiger partial charge in [-0.1, -0.05) is 43.3 Å². The molecule has 2 aliphatic rings. The van der Waals surface area contributed by atoms with Crippen LogP contribution in [-0.2, 0) is 4.79 Å². The molecule has 0 saturated heterocycles. The van der Waals surface area contributed by atoms with E-state index in [0.717, 1.165) is 29.6 Å². The van der Waals surface area contributed by atoms with Crippen molar-refractivity contribution in [2.45, 2.75) is 25.7 Å². The second kappa shape index (κ2) is 3.18. The molecular formula is C15H14O. The van der Waals surface area contributed by atoms with Crippen LogP contribution in [0.1, 0.15) is 36.8 Å². The van der Waals surface area contributed by atoms with Crippen LogP contribution in [0.3, 0.4) is 0 Å². The van der Waals surface area contributed by atoms with Gasteiger partial charge in [-0.05, 0) is 29.5 Å².